The highest BCUT2D eigenvalue weighted by Gasteiger charge is 2.14. The van der Waals surface area contributed by atoms with Crippen LogP contribution >= 0.6 is 11.6 Å². The number of hydrogen-bond acceptors (Lipinski definition) is 3. The van der Waals surface area contributed by atoms with Crippen molar-refractivity contribution in [1.82, 2.24) is 10.2 Å². The van der Waals surface area contributed by atoms with E-state index < -0.39 is 0 Å². The average molecular weight is 256 g/mol. The number of nitrogens with zero attached hydrogens (tertiary/aromatic N) is 1. The second kappa shape index (κ2) is 5.54. The van der Waals surface area contributed by atoms with Gasteiger partial charge in [0, 0.05) is 19.7 Å². The van der Waals surface area contributed by atoms with Gasteiger partial charge in [0.25, 0.3) is 5.91 Å². The molecule has 0 heterocycles. The number of carbonyl (C=O) groups excluding carboxylic acids is 2. The summed E-state index contributed by atoms with van der Waals surface area (Å²) in [5, 5.41) is 2.77. The molecule has 0 aliphatic rings. The summed E-state index contributed by atoms with van der Waals surface area (Å²) in [4.78, 5) is 24.3. The normalized spacial score (nSPS) is 9.82. The molecule has 0 bridgehead atoms. The Labute approximate surface area is 105 Å². The van der Waals surface area contributed by atoms with E-state index in [1.165, 1.54) is 18.0 Å². The van der Waals surface area contributed by atoms with Crippen molar-refractivity contribution >= 4 is 29.1 Å². The fourth-order valence-corrected chi connectivity index (χ4v) is 1.43. The van der Waals surface area contributed by atoms with Crippen LogP contribution in [0, 0.1) is 0 Å². The summed E-state index contributed by atoms with van der Waals surface area (Å²) in [5.41, 5.74) is 6.36. The van der Waals surface area contributed by atoms with Crippen molar-refractivity contribution in [3.05, 3.63) is 28.8 Å². The molecule has 0 aliphatic heterocycles. The van der Waals surface area contributed by atoms with Gasteiger partial charge in [-0.25, -0.2) is 0 Å². The molecular formula is C11H14ClN3O2. The third-order valence-corrected chi connectivity index (χ3v) is 2.58. The zero-order valence-corrected chi connectivity index (χ0v) is 10.4. The molecule has 17 heavy (non-hydrogen) atoms. The van der Waals surface area contributed by atoms with Crippen LogP contribution in [0.15, 0.2) is 18.2 Å². The fraction of sp³-hybridized carbons (Fsp3) is 0.273. The number of halogens is 1. The Bertz CT molecular complexity index is 448. The van der Waals surface area contributed by atoms with Gasteiger partial charge in [-0.05, 0) is 18.2 Å². The SMILES string of the molecule is CNC(=O)CN(C)C(=O)c1ccc(N)c(Cl)c1. The number of nitrogen functional groups attached to an aromatic ring is 1. The van der Waals surface area contributed by atoms with Gasteiger partial charge in [0.15, 0.2) is 0 Å². The highest BCUT2D eigenvalue weighted by Crippen LogP contribution is 2.20. The first-order valence-electron chi connectivity index (χ1n) is 4.96. The van der Waals surface area contributed by atoms with Gasteiger partial charge in [-0.2, -0.15) is 0 Å². The third-order valence-electron chi connectivity index (χ3n) is 2.25. The van der Waals surface area contributed by atoms with Crippen molar-refractivity contribution in [1.29, 1.82) is 0 Å². The summed E-state index contributed by atoms with van der Waals surface area (Å²) in [6.07, 6.45) is 0. The molecule has 3 N–H and O–H groups in total. The Hall–Kier alpha value is -1.75. The van der Waals surface area contributed by atoms with Gasteiger partial charge in [0.1, 0.15) is 0 Å². The molecule has 0 fully saturated rings. The first-order chi connectivity index (χ1) is 7.95. The summed E-state index contributed by atoms with van der Waals surface area (Å²) in [7, 11) is 3.06. The molecule has 92 valence electrons. The number of benzene rings is 1. The highest BCUT2D eigenvalue weighted by atomic mass is 35.5. The van der Waals surface area contributed by atoms with Crippen molar-refractivity contribution in [3.8, 4) is 0 Å². The van der Waals surface area contributed by atoms with Gasteiger partial charge in [0.05, 0.1) is 17.3 Å². The Morgan fingerprint density at radius 2 is 2.12 bits per heavy atom. The molecule has 6 heteroatoms. The number of amides is 2. The lowest BCUT2D eigenvalue weighted by atomic mass is 10.2. The molecule has 0 saturated heterocycles. The van der Waals surface area contributed by atoms with Crippen LogP contribution in [0.5, 0.6) is 0 Å². The third kappa shape index (κ3) is 3.35. The molecule has 1 aromatic rings. The van der Waals surface area contributed by atoms with Gasteiger partial charge in [-0.1, -0.05) is 11.6 Å². The van der Waals surface area contributed by atoms with Gasteiger partial charge in [-0.3, -0.25) is 9.59 Å². The van der Waals surface area contributed by atoms with Crippen LogP contribution in [0.1, 0.15) is 10.4 Å². The lowest BCUT2D eigenvalue weighted by Gasteiger charge is -2.16. The molecule has 1 rings (SSSR count). The Morgan fingerprint density at radius 3 is 2.65 bits per heavy atom. The predicted molar refractivity (Wildman–Crippen MR) is 66.9 cm³/mol. The number of hydrogen-bond donors (Lipinski definition) is 2. The fourth-order valence-electron chi connectivity index (χ4n) is 1.25. The molecule has 0 saturated carbocycles. The van der Waals surface area contributed by atoms with Crippen LogP contribution in [0.4, 0.5) is 5.69 Å². The van der Waals surface area contributed by atoms with E-state index >= 15 is 0 Å². The summed E-state index contributed by atoms with van der Waals surface area (Å²) >= 11 is 5.82. The summed E-state index contributed by atoms with van der Waals surface area (Å²) in [5.74, 6) is -0.516. The van der Waals surface area contributed by atoms with Crippen molar-refractivity contribution in [3.63, 3.8) is 0 Å². The molecular weight excluding hydrogens is 242 g/mol. The Morgan fingerprint density at radius 1 is 1.47 bits per heavy atom. The summed E-state index contributed by atoms with van der Waals surface area (Å²) in [6.45, 7) is -0.00265. The Kier molecular flexibility index (Phi) is 4.34. The predicted octanol–water partition coefficient (Wildman–Crippen LogP) is 0.740. The van der Waals surface area contributed by atoms with Crippen LogP contribution in [0.25, 0.3) is 0 Å². The second-order valence-corrected chi connectivity index (χ2v) is 3.98. The molecule has 0 aromatic heterocycles. The number of nitrogens with one attached hydrogen (secondary N) is 1. The van der Waals surface area contributed by atoms with E-state index in [0.717, 1.165) is 0 Å². The number of nitrogens with two attached hydrogens (primary N) is 1. The standard InChI is InChI=1S/C11H14ClN3O2/c1-14-10(16)6-15(2)11(17)7-3-4-9(13)8(12)5-7/h3-5H,6,13H2,1-2H3,(H,14,16). The van der Waals surface area contributed by atoms with Crippen LogP contribution < -0.4 is 11.1 Å². The average Bonchev–Trinajstić information content (AvgIpc) is 2.31. The molecule has 0 spiro atoms. The smallest absolute Gasteiger partial charge is 0.254 e. The van der Waals surface area contributed by atoms with E-state index in [0.29, 0.717) is 16.3 Å². The first-order valence-corrected chi connectivity index (χ1v) is 5.34. The van der Waals surface area contributed by atoms with Crippen molar-refractivity contribution < 1.29 is 9.59 Å². The van der Waals surface area contributed by atoms with Crippen LogP contribution in [-0.4, -0.2) is 37.4 Å². The highest BCUT2D eigenvalue weighted by molar-refractivity contribution is 6.33. The van der Waals surface area contributed by atoms with Crippen molar-refractivity contribution in [2.75, 3.05) is 26.4 Å². The van der Waals surface area contributed by atoms with Crippen LogP contribution in [0.3, 0.4) is 0 Å². The molecule has 0 atom stereocenters. The van der Waals surface area contributed by atoms with E-state index in [-0.39, 0.29) is 18.4 Å². The maximum atomic E-state index is 11.9. The lowest BCUT2D eigenvalue weighted by molar-refractivity contribution is -0.121. The van der Waals surface area contributed by atoms with Crippen molar-refractivity contribution in [2.45, 2.75) is 0 Å². The van der Waals surface area contributed by atoms with Gasteiger partial charge >= 0.3 is 0 Å². The quantitative estimate of drug-likeness (QED) is 0.783. The van der Waals surface area contributed by atoms with Gasteiger partial charge in [-0.15, -0.1) is 0 Å². The molecule has 1 aromatic carbocycles. The second-order valence-electron chi connectivity index (χ2n) is 3.57. The number of carbonyl (C=O) groups is 2. The van der Waals surface area contributed by atoms with E-state index in [1.54, 1.807) is 19.2 Å². The summed E-state index contributed by atoms with van der Waals surface area (Å²) < 4.78 is 0. The minimum absolute atomic E-state index is 0.00265. The molecule has 0 aliphatic carbocycles. The van der Waals surface area contributed by atoms with Crippen LogP contribution in [0.2, 0.25) is 5.02 Å². The molecule has 0 unspecified atom stereocenters. The van der Waals surface area contributed by atoms with E-state index in [9.17, 15) is 9.59 Å². The van der Waals surface area contributed by atoms with E-state index in [1.807, 2.05) is 0 Å². The maximum Gasteiger partial charge on any atom is 0.254 e. The molecule has 0 radical (unpaired) electrons. The molecule has 2 amide bonds. The van der Waals surface area contributed by atoms with Gasteiger partial charge < -0.3 is 16.0 Å². The lowest BCUT2D eigenvalue weighted by Crippen LogP contribution is -2.36. The van der Waals surface area contributed by atoms with E-state index in [2.05, 4.69) is 5.32 Å². The Balaban J connectivity index is 2.81. The minimum Gasteiger partial charge on any atom is -0.398 e. The number of rotatable bonds is 3. The van der Waals surface area contributed by atoms with Crippen LogP contribution in [-0.2, 0) is 4.79 Å². The summed E-state index contributed by atoms with van der Waals surface area (Å²) in [6, 6.07) is 4.62. The van der Waals surface area contributed by atoms with E-state index in [4.69, 9.17) is 17.3 Å². The largest absolute Gasteiger partial charge is 0.398 e. The van der Waals surface area contributed by atoms with Gasteiger partial charge in [0.2, 0.25) is 5.91 Å². The maximum absolute atomic E-state index is 11.9. The van der Waals surface area contributed by atoms with Crippen molar-refractivity contribution in [2.24, 2.45) is 0 Å². The zero-order valence-electron chi connectivity index (χ0n) is 9.66. The minimum atomic E-state index is -0.282. The first kappa shape index (κ1) is 13.3. The number of anilines is 1. The number of likely N-dealkylation sites (N-methyl/N-ethyl adjacent to an activating group) is 2. The topological polar surface area (TPSA) is 75.4 Å². The molecule has 5 nitrogen and oxygen atoms in total. The monoisotopic (exact) mass is 255 g/mol. The zero-order chi connectivity index (χ0) is 13.0.